The van der Waals surface area contributed by atoms with E-state index in [1.54, 1.807) is 11.3 Å². The molecule has 0 atom stereocenters. The lowest BCUT2D eigenvalue weighted by Gasteiger charge is -2.21. The van der Waals surface area contributed by atoms with Crippen LogP contribution < -0.4 is 9.47 Å². The molecule has 2 aromatic rings. The van der Waals surface area contributed by atoms with Gasteiger partial charge in [-0.05, 0) is 52.1 Å². The van der Waals surface area contributed by atoms with E-state index in [0.29, 0.717) is 13.2 Å². The van der Waals surface area contributed by atoms with Gasteiger partial charge in [-0.15, -0.1) is 11.3 Å². The Morgan fingerprint density at radius 1 is 1.15 bits per heavy atom. The number of nitrogens with zero attached hydrogens (tertiary/aromatic N) is 1. The summed E-state index contributed by atoms with van der Waals surface area (Å²) in [5.74, 6) is 1.71. The summed E-state index contributed by atoms with van der Waals surface area (Å²) in [5.41, 5.74) is 1.24. The summed E-state index contributed by atoms with van der Waals surface area (Å²) in [6, 6.07) is 8.28. The second-order valence-electron chi connectivity index (χ2n) is 4.84. The zero-order valence-corrected chi connectivity index (χ0v) is 13.7. The van der Waals surface area contributed by atoms with Crippen molar-refractivity contribution in [2.24, 2.45) is 0 Å². The molecule has 0 amide bonds. The minimum atomic E-state index is 0.633. The highest BCUT2D eigenvalue weighted by Crippen LogP contribution is 2.31. The molecule has 5 heteroatoms. The Bertz CT molecular complexity index is 599. The van der Waals surface area contributed by atoms with E-state index in [-0.39, 0.29) is 0 Å². The average molecular weight is 354 g/mol. The van der Waals surface area contributed by atoms with Gasteiger partial charge in [0.25, 0.3) is 0 Å². The predicted molar refractivity (Wildman–Crippen MR) is 84.6 cm³/mol. The summed E-state index contributed by atoms with van der Waals surface area (Å²) in [6.07, 6.45) is 0. The quantitative estimate of drug-likeness (QED) is 0.831. The molecule has 0 unspecified atom stereocenters. The molecule has 1 aromatic heterocycles. The maximum absolute atomic E-state index is 5.62. The van der Waals surface area contributed by atoms with E-state index in [4.69, 9.17) is 9.47 Å². The molecule has 1 aromatic carbocycles. The van der Waals surface area contributed by atoms with Gasteiger partial charge in [0.15, 0.2) is 11.5 Å². The van der Waals surface area contributed by atoms with Crippen molar-refractivity contribution < 1.29 is 9.47 Å². The summed E-state index contributed by atoms with van der Waals surface area (Å²) in [5, 5.41) is 2.11. The van der Waals surface area contributed by atoms with Crippen molar-refractivity contribution in [3.63, 3.8) is 0 Å². The van der Waals surface area contributed by atoms with E-state index in [9.17, 15) is 0 Å². The van der Waals surface area contributed by atoms with Gasteiger partial charge in [0.1, 0.15) is 13.2 Å². The first kappa shape index (κ1) is 13.9. The summed E-state index contributed by atoms with van der Waals surface area (Å²) in [4.78, 5) is 3.65. The van der Waals surface area contributed by atoms with Gasteiger partial charge in [0.05, 0.1) is 0 Å². The highest BCUT2D eigenvalue weighted by molar-refractivity contribution is 9.10. The number of halogens is 1. The zero-order chi connectivity index (χ0) is 13.9. The maximum Gasteiger partial charge on any atom is 0.161 e. The summed E-state index contributed by atoms with van der Waals surface area (Å²) < 4.78 is 12.4. The van der Waals surface area contributed by atoms with Gasteiger partial charge in [0.2, 0.25) is 0 Å². The van der Waals surface area contributed by atoms with Crippen LogP contribution in [-0.2, 0) is 13.1 Å². The molecule has 0 saturated heterocycles. The Labute approximate surface area is 131 Å². The third-order valence-electron chi connectivity index (χ3n) is 3.16. The fraction of sp³-hybridized carbons (Fsp3) is 0.333. The zero-order valence-electron chi connectivity index (χ0n) is 11.3. The average Bonchev–Trinajstić information content (AvgIpc) is 2.84. The molecule has 3 rings (SSSR count). The molecule has 2 heterocycles. The van der Waals surface area contributed by atoms with Crippen LogP contribution >= 0.6 is 27.3 Å². The third-order valence-corrected chi connectivity index (χ3v) is 5.07. The van der Waals surface area contributed by atoms with Crippen LogP contribution in [0.4, 0.5) is 0 Å². The maximum atomic E-state index is 5.62. The van der Waals surface area contributed by atoms with Crippen LogP contribution in [0.2, 0.25) is 0 Å². The van der Waals surface area contributed by atoms with Gasteiger partial charge in [-0.2, -0.15) is 0 Å². The minimum absolute atomic E-state index is 0.633. The molecule has 3 nitrogen and oxygen atoms in total. The lowest BCUT2D eigenvalue weighted by atomic mass is 10.2. The van der Waals surface area contributed by atoms with Gasteiger partial charge < -0.3 is 9.47 Å². The first-order valence-electron chi connectivity index (χ1n) is 6.51. The van der Waals surface area contributed by atoms with Gasteiger partial charge in [-0.3, -0.25) is 4.90 Å². The van der Waals surface area contributed by atoms with Crippen molar-refractivity contribution in [3.05, 3.63) is 44.6 Å². The smallest absolute Gasteiger partial charge is 0.161 e. The van der Waals surface area contributed by atoms with Crippen LogP contribution in [0.1, 0.15) is 10.4 Å². The molecular formula is C15H16BrNO2S. The van der Waals surface area contributed by atoms with Crippen molar-refractivity contribution in [2.75, 3.05) is 20.3 Å². The molecule has 0 N–H and O–H groups in total. The lowest BCUT2D eigenvalue weighted by Crippen LogP contribution is -2.18. The molecular weight excluding hydrogens is 338 g/mol. The predicted octanol–water partition coefficient (Wildman–Crippen LogP) is 3.91. The minimum Gasteiger partial charge on any atom is -0.486 e. The van der Waals surface area contributed by atoms with E-state index in [1.807, 2.05) is 6.07 Å². The number of fused-ring (bicyclic) bond motifs is 1. The van der Waals surface area contributed by atoms with E-state index in [0.717, 1.165) is 24.6 Å². The van der Waals surface area contributed by atoms with Crippen molar-refractivity contribution in [1.82, 2.24) is 4.90 Å². The Morgan fingerprint density at radius 2 is 1.95 bits per heavy atom. The largest absolute Gasteiger partial charge is 0.486 e. The van der Waals surface area contributed by atoms with Gasteiger partial charge in [-0.25, -0.2) is 0 Å². The number of ether oxygens (including phenoxy) is 2. The number of thiophene rings is 1. The van der Waals surface area contributed by atoms with Crippen molar-refractivity contribution >= 4 is 27.3 Å². The Morgan fingerprint density at radius 3 is 2.70 bits per heavy atom. The highest BCUT2D eigenvalue weighted by Gasteiger charge is 2.13. The fourth-order valence-corrected chi connectivity index (χ4v) is 3.79. The molecule has 0 bridgehead atoms. The molecule has 0 fully saturated rings. The van der Waals surface area contributed by atoms with Crippen molar-refractivity contribution in [1.29, 1.82) is 0 Å². The van der Waals surface area contributed by atoms with E-state index < -0.39 is 0 Å². The SMILES string of the molecule is CN(Cc1ccc2c(c1)OCCO2)Cc1sccc1Br. The van der Waals surface area contributed by atoms with Gasteiger partial charge in [0, 0.05) is 22.4 Å². The molecule has 0 aliphatic carbocycles. The van der Waals surface area contributed by atoms with Crippen LogP contribution in [0, 0.1) is 0 Å². The van der Waals surface area contributed by atoms with Gasteiger partial charge >= 0.3 is 0 Å². The number of hydrogen-bond donors (Lipinski definition) is 0. The van der Waals surface area contributed by atoms with Crippen LogP contribution in [-0.4, -0.2) is 25.2 Å². The molecule has 106 valence electrons. The third kappa shape index (κ3) is 3.16. The second kappa shape index (κ2) is 6.16. The second-order valence-corrected chi connectivity index (χ2v) is 6.70. The Kier molecular flexibility index (Phi) is 4.29. The molecule has 1 aliphatic rings. The Hall–Kier alpha value is -1.04. The van der Waals surface area contributed by atoms with Crippen LogP contribution in [0.15, 0.2) is 34.1 Å². The lowest BCUT2D eigenvalue weighted by molar-refractivity contribution is 0.171. The molecule has 0 saturated carbocycles. The summed E-state index contributed by atoms with van der Waals surface area (Å²) >= 11 is 5.35. The molecule has 0 spiro atoms. The molecule has 1 aliphatic heterocycles. The van der Waals surface area contributed by atoms with E-state index >= 15 is 0 Å². The highest BCUT2D eigenvalue weighted by atomic mass is 79.9. The molecule has 20 heavy (non-hydrogen) atoms. The van der Waals surface area contributed by atoms with Crippen molar-refractivity contribution in [3.8, 4) is 11.5 Å². The van der Waals surface area contributed by atoms with Crippen LogP contribution in [0.5, 0.6) is 11.5 Å². The van der Waals surface area contributed by atoms with Crippen LogP contribution in [0.3, 0.4) is 0 Å². The first-order chi connectivity index (χ1) is 9.72. The number of rotatable bonds is 4. The number of benzene rings is 1. The van der Waals surface area contributed by atoms with E-state index in [2.05, 4.69) is 51.5 Å². The Balaban J connectivity index is 1.66. The van der Waals surface area contributed by atoms with Gasteiger partial charge in [-0.1, -0.05) is 6.07 Å². The first-order valence-corrected chi connectivity index (χ1v) is 8.18. The standard InChI is InChI=1S/C15H16BrNO2S/c1-17(10-15-12(16)4-7-20-15)9-11-2-3-13-14(8-11)19-6-5-18-13/h2-4,7-8H,5-6,9-10H2,1H3. The molecule has 0 radical (unpaired) electrons. The summed E-state index contributed by atoms with van der Waals surface area (Å²) in [6.45, 7) is 3.10. The normalized spacial score (nSPS) is 13.8. The number of hydrogen-bond acceptors (Lipinski definition) is 4. The van der Waals surface area contributed by atoms with Crippen LogP contribution in [0.25, 0.3) is 0 Å². The summed E-state index contributed by atoms with van der Waals surface area (Å²) in [7, 11) is 2.13. The topological polar surface area (TPSA) is 21.7 Å². The van der Waals surface area contributed by atoms with E-state index in [1.165, 1.54) is 14.9 Å². The van der Waals surface area contributed by atoms with Crippen molar-refractivity contribution in [2.45, 2.75) is 13.1 Å². The monoisotopic (exact) mass is 353 g/mol. The fourth-order valence-electron chi connectivity index (χ4n) is 2.24.